The quantitative estimate of drug-likeness (QED) is 0.641. The highest BCUT2D eigenvalue weighted by Gasteiger charge is 2.16. The van der Waals surface area contributed by atoms with Gasteiger partial charge in [-0.3, -0.25) is 14.0 Å². The molecule has 7 heteroatoms. The number of aromatic nitrogens is 2. The molecule has 0 spiro atoms. The number of fused-ring (bicyclic) bond motifs is 1. The van der Waals surface area contributed by atoms with Gasteiger partial charge in [0.1, 0.15) is 11.2 Å². The Morgan fingerprint density at radius 3 is 2.79 bits per heavy atom. The summed E-state index contributed by atoms with van der Waals surface area (Å²) in [7, 11) is 0. The summed E-state index contributed by atoms with van der Waals surface area (Å²) in [6.45, 7) is -0.824. The molecular weight excluding hydrogens is 250 g/mol. The van der Waals surface area contributed by atoms with Crippen molar-refractivity contribution < 1.29 is 15.0 Å². The van der Waals surface area contributed by atoms with Crippen LogP contribution in [0.25, 0.3) is 5.65 Å². The van der Waals surface area contributed by atoms with E-state index >= 15 is 0 Å². The van der Waals surface area contributed by atoms with Gasteiger partial charge >= 0.3 is 0 Å². The van der Waals surface area contributed by atoms with Crippen molar-refractivity contribution in [3.05, 3.63) is 46.5 Å². The van der Waals surface area contributed by atoms with Crippen LogP contribution in [0.3, 0.4) is 0 Å². The molecule has 0 fully saturated rings. The Morgan fingerprint density at radius 1 is 1.37 bits per heavy atom. The second-order valence-electron chi connectivity index (χ2n) is 3.94. The minimum absolute atomic E-state index is 0.143. The Balaban J connectivity index is 2.38. The molecule has 0 saturated carbocycles. The van der Waals surface area contributed by atoms with E-state index in [1.54, 1.807) is 18.2 Å². The number of aliphatic hydroxyl groups excluding tert-OH is 2. The molecule has 2 rings (SSSR count). The molecule has 0 aliphatic heterocycles. The van der Waals surface area contributed by atoms with E-state index in [4.69, 9.17) is 10.2 Å². The first-order valence-corrected chi connectivity index (χ1v) is 5.66. The number of hydrogen-bond donors (Lipinski definition) is 3. The van der Waals surface area contributed by atoms with Crippen LogP contribution in [0.1, 0.15) is 10.4 Å². The Kier molecular flexibility index (Phi) is 3.88. The maximum Gasteiger partial charge on any atom is 0.270 e. The summed E-state index contributed by atoms with van der Waals surface area (Å²) in [6.07, 6.45) is 2.69. The molecule has 0 aliphatic carbocycles. The molecule has 0 aliphatic rings. The molecule has 0 unspecified atom stereocenters. The molecule has 19 heavy (non-hydrogen) atoms. The average Bonchev–Trinajstić information content (AvgIpc) is 2.45. The molecule has 2 heterocycles. The normalized spacial score (nSPS) is 10.9. The molecule has 1 amide bonds. The van der Waals surface area contributed by atoms with Crippen LogP contribution in [0.4, 0.5) is 0 Å². The summed E-state index contributed by atoms with van der Waals surface area (Å²) >= 11 is 0. The average molecular weight is 263 g/mol. The summed E-state index contributed by atoms with van der Waals surface area (Å²) in [5, 5.41) is 20.1. The van der Waals surface area contributed by atoms with Gasteiger partial charge in [0.15, 0.2) is 0 Å². The van der Waals surface area contributed by atoms with Crippen LogP contribution >= 0.6 is 0 Å². The zero-order valence-electron chi connectivity index (χ0n) is 9.98. The molecular formula is C12H13N3O4. The van der Waals surface area contributed by atoms with Crippen LogP contribution < -0.4 is 10.9 Å². The molecule has 0 aromatic carbocycles. The molecule has 7 nitrogen and oxygen atoms in total. The van der Waals surface area contributed by atoms with Crippen molar-refractivity contribution >= 4 is 11.6 Å². The first-order chi connectivity index (χ1) is 9.17. The number of amides is 1. The predicted octanol–water partition coefficient (Wildman–Crippen LogP) is -1.22. The summed E-state index contributed by atoms with van der Waals surface area (Å²) in [4.78, 5) is 27.9. The fraction of sp³-hybridized carbons (Fsp3) is 0.250. The SMILES string of the molecule is O=C(NC(CO)CO)c1cnc2ccccn2c1=O. The van der Waals surface area contributed by atoms with Crippen molar-refractivity contribution in [2.24, 2.45) is 0 Å². The van der Waals surface area contributed by atoms with Gasteiger partial charge in [-0.2, -0.15) is 0 Å². The van der Waals surface area contributed by atoms with Crippen LogP contribution in [0.2, 0.25) is 0 Å². The van der Waals surface area contributed by atoms with E-state index in [-0.39, 0.29) is 5.56 Å². The second kappa shape index (κ2) is 5.59. The van der Waals surface area contributed by atoms with E-state index < -0.39 is 30.7 Å². The summed E-state index contributed by atoms with van der Waals surface area (Å²) < 4.78 is 1.25. The Bertz CT molecular complexity index is 649. The van der Waals surface area contributed by atoms with E-state index in [1.165, 1.54) is 16.8 Å². The van der Waals surface area contributed by atoms with Crippen LogP contribution in [-0.4, -0.2) is 44.8 Å². The lowest BCUT2D eigenvalue weighted by atomic mass is 10.2. The van der Waals surface area contributed by atoms with E-state index in [0.717, 1.165) is 0 Å². The number of hydrogen-bond acceptors (Lipinski definition) is 5. The smallest absolute Gasteiger partial charge is 0.270 e. The van der Waals surface area contributed by atoms with Gasteiger partial charge in [0, 0.05) is 12.4 Å². The molecule has 2 aromatic heterocycles. The van der Waals surface area contributed by atoms with Gasteiger partial charge in [-0.25, -0.2) is 4.98 Å². The van der Waals surface area contributed by atoms with Gasteiger partial charge in [-0.15, -0.1) is 0 Å². The molecule has 0 saturated heterocycles. The highest BCUT2D eigenvalue weighted by atomic mass is 16.3. The topological polar surface area (TPSA) is 104 Å². The lowest BCUT2D eigenvalue weighted by Gasteiger charge is -2.12. The van der Waals surface area contributed by atoms with Crippen molar-refractivity contribution in [2.45, 2.75) is 6.04 Å². The number of aliphatic hydroxyl groups is 2. The number of nitrogens with one attached hydrogen (secondary N) is 1. The third-order valence-corrected chi connectivity index (χ3v) is 2.63. The molecule has 3 N–H and O–H groups in total. The minimum atomic E-state index is -0.802. The van der Waals surface area contributed by atoms with Crippen molar-refractivity contribution in [2.75, 3.05) is 13.2 Å². The third-order valence-electron chi connectivity index (χ3n) is 2.63. The zero-order chi connectivity index (χ0) is 13.8. The predicted molar refractivity (Wildman–Crippen MR) is 66.9 cm³/mol. The maximum absolute atomic E-state index is 12.1. The van der Waals surface area contributed by atoms with Gasteiger partial charge in [0.05, 0.1) is 19.3 Å². The molecule has 0 atom stereocenters. The summed E-state index contributed by atoms with van der Waals surface area (Å²) in [5.41, 5.74) is -0.210. The van der Waals surface area contributed by atoms with Crippen LogP contribution in [0, 0.1) is 0 Å². The van der Waals surface area contributed by atoms with Crippen LogP contribution in [0.5, 0.6) is 0 Å². The fourth-order valence-electron chi connectivity index (χ4n) is 1.59. The number of carbonyl (C=O) groups excluding carboxylic acids is 1. The highest BCUT2D eigenvalue weighted by Crippen LogP contribution is 1.98. The summed E-state index contributed by atoms with van der Waals surface area (Å²) in [5.74, 6) is -0.677. The van der Waals surface area contributed by atoms with E-state index in [1.807, 2.05) is 0 Å². The Hall–Kier alpha value is -2.25. The second-order valence-corrected chi connectivity index (χ2v) is 3.94. The standard InChI is InChI=1S/C12H13N3O4/c16-6-8(7-17)14-11(18)9-5-13-10-3-1-2-4-15(10)12(9)19/h1-5,8,16-17H,6-7H2,(H,14,18). The van der Waals surface area contributed by atoms with Crippen LogP contribution in [-0.2, 0) is 0 Å². The minimum Gasteiger partial charge on any atom is -0.394 e. The summed E-state index contributed by atoms with van der Waals surface area (Å²) in [6, 6.07) is 4.23. The highest BCUT2D eigenvalue weighted by molar-refractivity contribution is 5.93. The van der Waals surface area contributed by atoms with Gasteiger partial charge in [-0.1, -0.05) is 6.07 Å². The van der Waals surface area contributed by atoms with E-state index in [2.05, 4.69) is 10.3 Å². The number of pyridine rings is 1. The first kappa shape index (κ1) is 13.2. The largest absolute Gasteiger partial charge is 0.394 e. The van der Waals surface area contributed by atoms with Gasteiger partial charge in [0.2, 0.25) is 0 Å². The van der Waals surface area contributed by atoms with Crippen molar-refractivity contribution in [3.8, 4) is 0 Å². The molecule has 0 bridgehead atoms. The van der Waals surface area contributed by atoms with E-state index in [9.17, 15) is 9.59 Å². The van der Waals surface area contributed by atoms with Gasteiger partial charge in [0.25, 0.3) is 11.5 Å². The van der Waals surface area contributed by atoms with Gasteiger partial charge < -0.3 is 15.5 Å². The maximum atomic E-state index is 12.1. The van der Waals surface area contributed by atoms with Crippen LogP contribution in [0.15, 0.2) is 35.4 Å². The van der Waals surface area contributed by atoms with Crippen molar-refractivity contribution in [1.82, 2.24) is 14.7 Å². The van der Waals surface area contributed by atoms with Crippen molar-refractivity contribution in [3.63, 3.8) is 0 Å². The third kappa shape index (κ3) is 2.61. The van der Waals surface area contributed by atoms with Crippen molar-refractivity contribution in [1.29, 1.82) is 0 Å². The fourth-order valence-corrected chi connectivity index (χ4v) is 1.59. The van der Waals surface area contributed by atoms with E-state index in [0.29, 0.717) is 5.65 Å². The zero-order valence-corrected chi connectivity index (χ0v) is 9.98. The first-order valence-electron chi connectivity index (χ1n) is 5.66. The van der Waals surface area contributed by atoms with Gasteiger partial charge in [-0.05, 0) is 12.1 Å². The molecule has 0 radical (unpaired) electrons. The lowest BCUT2D eigenvalue weighted by molar-refractivity contribution is 0.0877. The Morgan fingerprint density at radius 2 is 2.11 bits per heavy atom. The number of nitrogens with zero attached hydrogens (tertiary/aromatic N) is 2. The number of carbonyl (C=O) groups is 1. The Labute approximate surface area is 108 Å². The molecule has 2 aromatic rings. The molecule has 100 valence electrons. The lowest BCUT2D eigenvalue weighted by Crippen LogP contribution is -2.42. The number of rotatable bonds is 4. The monoisotopic (exact) mass is 263 g/mol.